The van der Waals surface area contributed by atoms with Crippen molar-refractivity contribution in [2.24, 2.45) is 17.6 Å². The van der Waals surface area contributed by atoms with Crippen LogP contribution in [0.2, 0.25) is 0 Å². The molecule has 1 aliphatic carbocycles. The van der Waals surface area contributed by atoms with Crippen LogP contribution in [0.25, 0.3) is 0 Å². The number of carbonyl (C=O) groups excluding carboxylic acids is 1. The molecule has 124 valence electrons. The molecule has 3 heterocycles. The molecule has 3 N–H and O–H groups in total. The van der Waals surface area contributed by atoms with Crippen molar-refractivity contribution >= 4 is 5.91 Å². The third kappa shape index (κ3) is 2.66. The van der Waals surface area contributed by atoms with E-state index >= 15 is 0 Å². The van der Waals surface area contributed by atoms with Gasteiger partial charge in [-0.25, -0.2) is 4.39 Å². The minimum absolute atomic E-state index is 0.0778. The number of fused-ring (bicyclic) bond motifs is 3. The Hall–Kier alpha value is -1.46. The van der Waals surface area contributed by atoms with E-state index in [1.54, 1.807) is 12.1 Å². The van der Waals surface area contributed by atoms with Gasteiger partial charge in [0.2, 0.25) is 5.91 Å². The number of nitrogens with one attached hydrogen (secondary N) is 1. The summed E-state index contributed by atoms with van der Waals surface area (Å²) in [7, 11) is 0. The number of amides is 1. The highest BCUT2D eigenvalue weighted by atomic mass is 19.1. The highest BCUT2D eigenvalue weighted by molar-refractivity contribution is 5.80. The van der Waals surface area contributed by atoms with E-state index in [1.807, 2.05) is 11.0 Å². The largest absolute Gasteiger partial charge is 0.340 e. The molecule has 0 radical (unpaired) electrons. The van der Waals surface area contributed by atoms with Crippen LogP contribution in [0.5, 0.6) is 0 Å². The van der Waals surface area contributed by atoms with Gasteiger partial charge in [-0.3, -0.25) is 4.79 Å². The molecule has 1 saturated carbocycles. The first kappa shape index (κ1) is 15.1. The summed E-state index contributed by atoms with van der Waals surface area (Å²) >= 11 is 0. The smallest absolute Gasteiger partial charge is 0.227 e. The number of hydrogen-bond acceptors (Lipinski definition) is 3. The molecule has 5 heteroatoms. The third-order valence-electron chi connectivity index (χ3n) is 5.93. The summed E-state index contributed by atoms with van der Waals surface area (Å²) in [6.07, 6.45) is 3.32. The summed E-state index contributed by atoms with van der Waals surface area (Å²) in [4.78, 5) is 14.8. The minimum Gasteiger partial charge on any atom is -0.340 e. The Morgan fingerprint density at radius 3 is 2.74 bits per heavy atom. The second kappa shape index (κ2) is 5.87. The van der Waals surface area contributed by atoms with Crippen LogP contribution in [0.1, 0.15) is 30.7 Å². The highest BCUT2D eigenvalue weighted by Gasteiger charge is 2.44. The molecule has 1 amide bonds. The van der Waals surface area contributed by atoms with Crippen LogP contribution >= 0.6 is 0 Å². The number of nitrogens with two attached hydrogens (primary N) is 1. The van der Waals surface area contributed by atoms with Crippen LogP contribution in [-0.2, 0) is 4.79 Å². The van der Waals surface area contributed by atoms with Crippen molar-refractivity contribution in [1.29, 1.82) is 0 Å². The number of halogens is 1. The normalized spacial score (nSPS) is 36.4. The molecule has 3 saturated heterocycles. The molecule has 5 rings (SSSR count). The lowest BCUT2D eigenvalue weighted by Crippen LogP contribution is -2.55. The second-order valence-electron chi connectivity index (χ2n) is 7.34. The summed E-state index contributed by atoms with van der Waals surface area (Å²) in [6, 6.07) is 6.90. The van der Waals surface area contributed by atoms with E-state index in [2.05, 4.69) is 5.32 Å². The van der Waals surface area contributed by atoms with Crippen molar-refractivity contribution in [2.45, 2.75) is 37.3 Å². The van der Waals surface area contributed by atoms with Crippen molar-refractivity contribution in [3.8, 4) is 0 Å². The van der Waals surface area contributed by atoms with Crippen molar-refractivity contribution in [3.63, 3.8) is 0 Å². The Morgan fingerprint density at radius 2 is 2.09 bits per heavy atom. The Bertz CT molecular complexity index is 600. The molecule has 1 aromatic carbocycles. The molecule has 23 heavy (non-hydrogen) atoms. The standard InChI is InChI=1S/C18H24FN3O/c19-15-4-2-1-3-12(15)14-9-22(10-16(14)20)18(23)13-7-11-5-6-17(13)21-8-11/h1-4,11,13-14,16-17,21H,5-10,20H2/t11?,13?,14-,16+,17?/m0/s1. The topological polar surface area (TPSA) is 58.4 Å². The number of piperidine rings is 2. The molecule has 5 atom stereocenters. The van der Waals surface area contributed by atoms with Gasteiger partial charge < -0.3 is 16.0 Å². The van der Waals surface area contributed by atoms with Gasteiger partial charge in [0.05, 0.1) is 5.92 Å². The molecular weight excluding hydrogens is 293 g/mol. The first-order valence-corrected chi connectivity index (χ1v) is 8.65. The quantitative estimate of drug-likeness (QED) is 0.868. The van der Waals surface area contributed by atoms with Crippen molar-refractivity contribution in [2.75, 3.05) is 19.6 Å². The van der Waals surface area contributed by atoms with E-state index in [-0.39, 0.29) is 29.6 Å². The number of rotatable bonds is 2. The lowest BCUT2D eigenvalue weighted by atomic mass is 9.73. The minimum atomic E-state index is -0.222. The Morgan fingerprint density at radius 1 is 1.26 bits per heavy atom. The van der Waals surface area contributed by atoms with Gasteiger partial charge in [0.15, 0.2) is 0 Å². The molecule has 1 aromatic rings. The van der Waals surface area contributed by atoms with Gasteiger partial charge in [-0.1, -0.05) is 18.2 Å². The highest BCUT2D eigenvalue weighted by Crippen LogP contribution is 2.36. The fourth-order valence-electron chi connectivity index (χ4n) is 4.63. The zero-order valence-corrected chi connectivity index (χ0v) is 13.2. The van der Waals surface area contributed by atoms with Crippen LogP contribution in [-0.4, -0.2) is 42.5 Å². The molecule has 2 bridgehead atoms. The van der Waals surface area contributed by atoms with Crippen molar-refractivity contribution < 1.29 is 9.18 Å². The van der Waals surface area contributed by atoms with E-state index in [1.165, 1.54) is 12.5 Å². The van der Waals surface area contributed by atoms with Gasteiger partial charge in [0.1, 0.15) is 5.82 Å². The average Bonchev–Trinajstić information content (AvgIpc) is 2.97. The second-order valence-corrected chi connectivity index (χ2v) is 7.34. The van der Waals surface area contributed by atoms with Gasteiger partial charge in [-0.2, -0.15) is 0 Å². The monoisotopic (exact) mass is 317 g/mol. The fourth-order valence-corrected chi connectivity index (χ4v) is 4.63. The van der Waals surface area contributed by atoms with Gasteiger partial charge in [-0.15, -0.1) is 0 Å². The van der Waals surface area contributed by atoms with Gasteiger partial charge >= 0.3 is 0 Å². The van der Waals surface area contributed by atoms with Crippen molar-refractivity contribution in [3.05, 3.63) is 35.6 Å². The summed E-state index contributed by atoms with van der Waals surface area (Å²) < 4.78 is 14.1. The third-order valence-corrected chi connectivity index (χ3v) is 5.93. The Labute approximate surface area is 136 Å². The molecule has 3 aliphatic heterocycles. The first-order chi connectivity index (χ1) is 11.1. The zero-order chi connectivity index (χ0) is 16.0. The van der Waals surface area contributed by atoms with Crippen LogP contribution in [0, 0.1) is 17.7 Å². The van der Waals surface area contributed by atoms with E-state index < -0.39 is 0 Å². The van der Waals surface area contributed by atoms with Gasteiger partial charge in [0, 0.05) is 31.1 Å². The maximum atomic E-state index is 14.1. The van der Waals surface area contributed by atoms with E-state index in [9.17, 15) is 9.18 Å². The van der Waals surface area contributed by atoms with E-state index in [4.69, 9.17) is 5.73 Å². The predicted molar refractivity (Wildman–Crippen MR) is 86.3 cm³/mol. The lowest BCUT2D eigenvalue weighted by Gasteiger charge is -2.43. The summed E-state index contributed by atoms with van der Waals surface area (Å²) in [5.41, 5.74) is 6.87. The number of hydrogen-bond donors (Lipinski definition) is 2. The number of nitrogens with zero attached hydrogens (tertiary/aromatic N) is 1. The SMILES string of the molecule is N[C@@H]1CN(C(=O)C2CC3CCC2NC3)C[C@H]1c1ccccc1F. The van der Waals surface area contributed by atoms with Crippen molar-refractivity contribution in [1.82, 2.24) is 10.2 Å². The summed E-state index contributed by atoms with van der Waals surface area (Å²) in [6.45, 7) is 2.12. The van der Waals surface area contributed by atoms with E-state index in [0.717, 1.165) is 19.4 Å². The maximum absolute atomic E-state index is 14.1. The molecular formula is C18H24FN3O. The van der Waals surface area contributed by atoms with Crippen LogP contribution in [0.3, 0.4) is 0 Å². The Balaban J connectivity index is 1.49. The lowest BCUT2D eigenvalue weighted by molar-refractivity contribution is -0.138. The fraction of sp³-hybridized carbons (Fsp3) is 0.611. The molecule has 3 unspecified atom stereocenters. The maximum Gasteiger partial charge on any atom is 0.227 e. The molecule has 4 fully saturated rings. The molecule has 4 aliphatic rings. The van der Waals surface area contributed by atoms with Gasteiger partial charge in [-0.05, 0) is 43.4 Å². The van der Waals surface area contributed by atoms with Crippen LogP contribution in [0.4, 0.5) is 4.39 Å². The predicted octanol–water partition coefficient (Wildman–Crippen LogP) is 1.47. The summed E-state index contributed by atoms with van der Waals surface area (Å²) in [5, 5.41) is 3.50. The average molecular weight is 317 g/mol. The van der Waals surface area contributed by atoms with E-state index in [0.29, 0.717) is 30.6 Å². The zero-order valence-electron chi connectivity index (χ0n) is 13.2. The number of carbonyl (C=O) groups is 1. The molecule has 0 aromatic heterocycles. The first-order valence-electron chi connectivity index (χ1n) is 8.65. The number of likely N-dealkylation sites (tertiary alicyclic amines) is 1. The van der Waals surface area contributed by atoms with Crippen LogP contribution in [0.15, 0.2) is 24.3 Å². The summed E-state index contributed by atoms with van der Waals surface area (Å²) in [5.74, 6) is 0.595. The number of benzene rings is 1. The Kier molecular flexibility index (Phi) is 3.85. The molecule has 0 spiro atoms. The van der Waals surface area contributed by atoms with Gasteiger partial charge in [0.25, 0.3) is 0 Å². The van der Waals surface area contributed by atoms with Crippen LogP contribution < -0.4 is 11.1 Å². The molecule has 4 nitrogen and oxygen atoms in total.